The third-order valence-electron chi connectivity index (χ3n) is 5.87. The lowest BCUT2D eigenvalue weighted by Crippen LogP contribution is -2.48. The van der Waals surface area contributed by atoms with Crippen LogP contribution in [-0.2, 0) is 6.42 Å². The van der Waals surface area contributed by atoms with Crippen LogP contribution in [0.3, 0.4) is 0 Å². The van der Waals surface area contributed by atoms with E-state index in [4.69, 9.17) is 0 Å². The highest BCUT2D eigenvalue weighted by molar-refractivity contribution is 5.99. The molecule has 0 aromatic carbocycles. The van der Waals surface area contributed by atoms with Crippen LogP contribution in [0, 0.1) is 18.3 Å². The third kappa shape index (κ3) is 2.09. The lowest BCUT2D eigenvalue weighted by Gasteiger charge is -2.46. The Bertz CT molecular complexity index is 591. The van der Waals surface area contributed by atoms with Gasteiger partial charge in [0.15, 0.2) is 5.78 Å². The van der Waals surface area contributed by atoms with Crippen LogP contribution in [0.25, 0.3) is 0 Å². The van der Waals surface area contributed by atoms with E-state index < -0.39 is 0 Å². The zero-order chi connectivity index (χ0) is 14.8. The first-order valence-corrected chi connectivity index (χ1v) is 8.41. The average molecular weight is 286 g/mol. The molecule has 0 spiro atoms. The standard InChI is InChI=1S/C18H26N2O/c1-12-8-14-15(9-18(2,3)10-17(14)21)20(12)16-11-19-6-4-13(16)5-7-19/h8,13,16H,4-7,9-11H2,1-3H3. The predicted molar refractivity (Wildman–Crippen MR) is 83.8 cm³/mol. The second kappa shape index (κ2) is 4.45. The summed E-state index contributed by atoms with van der Waals surface area (Å²) in [4.78, 5) is 15.1. The summed E-state index contributed by atoms with van der Waals surface area (Å²) >= 11 is 0. The molecule has 1 aliphatic carbocycles. The van der Waals surface area contributed by atoms with Gasteiger partial charge in [-0.15, -0.1) is 0 Å². The van der Waals surface area contributed by atoms with Crippen LogP contribution >= 0.6 is 0 Å². The number of piperidine rings is 3. The molecule has 21 heavy (non-hydrogen) atoms. The van der Waals surface area contributed by atoms with Gasteiger partial charge in [0.25, 0.3) is 0 Å². The summed E-state index contributed by atoms with van der Waals surface area (Å²) < 4.78 is 2.55. The summed E-state index contributed by atoms with van der Waals surface area (Å²) in [5, 5.41) is 0. The number of nitrogens with zero attached hydrogens (tertiary/aromatic N) is 2. The Balaban J connectivity index is 1.78. The molecule has 1 aromatic rings. The molecule has 3 saturated heterocycles. The average Bonchev–Trinajstić information content (AvgIpc) is 2.75. The third-order valence-corrected chi connectivity index (χ3v) is 5.87. The SMILES string of the molecule is Cc1cc2c(n1C1CN3CCC1CC3)CC(C)(C)CC2=O. The van der Waals surface area contributed by atoms with E-state index in [9.17, 15) is 4.79 Å². The molecule has 0 saturated carbocycles. The van der Waals surface area contributed by atoms with Gasteiger partial charge in [-0.3, -0.25) is 4.79 Å². The van der Waals surface area contributed by atoms with Gasteiger partial charge in [-0.05, 0) is 56.7 Å². The molecule has 0 radical (unpaired) electrons. The van der Waals surface area contributed by atoms with Crippen LogP contribution in [0.1, 0.15) is 60.9 Å². The van der Waals surface area contributed by atoms with Gasteiger partial charge in [-0.1, -0.05) is 13.8 Å². The van der Waals surface area contributed by atoms with Crippen LogP contribution in [0.5, 0.6) is 0 Å². The van der Waals surface area contributed by atoms with E-state index in [2.05, 4.69) is 36.3 Å². The molecule has 0 amide bonds. The normalized spacial score (nSPS) is 34.0. The summed E-state index contributed by atoms with van der Waals surface area (Å²) in [5.41, 5.74) is 3.75. The molecule has 1 aromatic heterocycles. The molecule has 4 heterocycles. The summed E-state index contributed by atoms with van der Waals surface area (Å²) in [5.74, 6) is 1.16. The van der Waals surface area contributed by atoms with E-state index in [1.54, 1.807) is 0 Å². The fraction of sp³-hybridized carbons (Fsp3) is 0.722. The van der Waals surface area contributed by atoms with E-state index in [0.717, 1.165) is 17.9 Å². The minimum Gasteiger partial charge on any atom is -0.344 e. The molecule has 5 rings (SSSR count). The van der Waals surface area contributed by atoms with Crippen molar-refractivity contribution >= 4 is 5.78 Å². The number of carbonyl (C=O) groups excluding carboxylic acids is 1. The van der Waals surface area contributed by atoms with E-state index in [1.807, 2.05) is 0 Å². The van der Waals surface area contributed by atoms with Crippen LogP contribution in [0.2, 0.25) is 0 Å². The van der Waals surface area contributed by atoms with Gasteiger partial charge in [0.1, 0.15) is 0 Å². The maximum atomic E-state index is 12.5. The summed E-state index contributed by atoms with van der Waals surface area (Å²) in [6, 6.07) is 2.75. The first-order valence-electron chi connectivity index (χ1n) is 8.41. The van der Waals surface area contributed by atoms with Crippen molar-refractivity contribution in [2.45, 2.75) is 52.5 Å². The maximum Gasteiger partial charge on any atom is 0.165 e. The van der Waals surface area contributed by atoms with Gasteiger partial charge < -0.3 is 9.47 Å². The van der Waals surface area contributed by atoms with E-state index in [-0.39, 0.29) is 5.41 Å². The number of aromatic nitrogens is 1. The van der Waals surface area contributed by atoms with Gasteiger partial charge in [0.05, 0.1) is 0 Å². The Hall–Kier alpha value is -1.09. The van der Waals surface area contributed by atoms with Crippen molar-refractivity contribution in [1.82, 2.24) is 9.47 Å². The smallest absolute Gasteiger partial charge is 0.165 e. The monoisotopic (exact) mass is 286 g/mol. The first-order chi connectivity index (χ1) is 9.94. The minimum absolute atomic E-state index is 0.112. The Morgan fingerprint density at radius 2 is 1.90 bits per heavy atom. The fourth-order valence-corrected chi connectivity index (χ4v) is 4.86. The number of carbonyl (C=O) groups is 1. The molecule has 1 atom stereocenters. The number of hydrogen-bond donors (Lipinski definition) is 0. The number of rotatable bonds is 1. The minimum atomic E-state index is 0.112. The molecular weight excluding hydrogens is 260 g/mol. The second-order valence-corrected chi connectivity index (χ2v) is 8.16. The lowest BCUT2D eigenvalue weighted by atomic mass is 9.76. The van der Waals surface area contributed by atoms with Gasteiger partial charge >= 0.3 is 0 Å². The molecule has 3 heteroatoms. The lowest BCUT2D eigenvalue weighted by molar-refractivity contribution is 0.0538. The number of hydrogen-bond acceptors (Lipinski definition) is 2. The summed E-state index contributed by atoms with van der Waals surface area (Å²) in [6.45, 7) is 10.4. The predicted octanol–water partition coefficient (Wildman–Crippen LogP) is 3.22. The number of aryl methyl sites for hydroxylation is 1. The Labute approximate surface area is 127 Å². The van der Waals surface area contributed by atoms with Crippen molar-refractivity contribution in [1.29, 1.82) is 0 Å². The van der Waals surface area contributed by atoms with Crippen LogP contribution < -0.4 is 0 Å². The highest BCUT2D eigenvalue weighted by Crippen LogP contribution is 2.42. The first kappa shape index (κ1) is 13.6. The fourth-order valence-electron chi connectivity index (χ4n) is 4.86. The van der Waals surface area contributed by atoms with Crippen LogP contribution in [0.15, 0.2) is 6.07 Å². The molecule has 3 nitrogen and oxygen atoms in total. The highest BCUT2D eigenvalue weighted by atomic mass is 16.1. The Morgan fingerprint density at radius 1 is 1.19 bits per heavy atom. The molecule has 3 fully saturated rings. The number of Topliss-reactive ketones (excluding diaryl/α,β-unsaturated/α-hetero) is 1. The van der Waals surface area contributed by atoms with Crippen LogP contribution in [0.4, 0.5) is 0 Å². The van der Waals surface area contributed by atoms with Crippen molar-refractivity contribution in [2.75, 3.05) is 19.6 Å². The van der Waals surface area contributed by atoms with Crippen molar-refractivity contribution in [2.24, 2.45) is 11.3 Å². The van der Waals surface area contributed by atoms with Crippen molar-refractivity contribution < 1.29 is 4.79 Å². The molecular formula is C18H26N2O. The van der Waals surface area contributed by atoms with Gasteiger partial charge in [0, 0.05) is 36.0 Å². The van der Waals surface area contributed by atoms with Crippen LogP contribution in [-0.4, -0.2) is 34.9 Å². The van der Waals surface area contributed by atoms with E-state index >= 15 is 0 Å². The maximum absolute atomic E-state index is 12.5. The van der Waals surface area contributed by atoms with Gasteiger partial charge in [-0.2, -0.15) is 0 Å². The Kier molecular flexibility index (Phi) is 2.88. The summed E-state index contributed by atoms with van der Waals surface area (Å²) in [7, 11) is 0. The van der Waals surface area contributed by atoms with Gasteiger partial charge in [-0.25, -0.2) is 0 Å². The zero-order valence-electron chi connectivity index (χ0n) is 13.5. The molecule has 4 aliphatic rings. The Morgan fingerprint density at radius 3 is 2.52 bits per heavy atom. The molecule has 114 valence electrons. The summed E-state index contributed by atoms with van der Waals surface area (Å²) in [6.07, 6.45) is 4.40. The zero-order valence-corrected chi connectivity index (χ0v) is 13.5. The van der Waals surface area contributed by atoms with Crippen molar-refractivity contribution in [3.63, 3.8) is 0 Å². The molecule has 2 bridgehead atoms. The molecule has 3 aliphatic heterocycles. The quantitative estimate of drug-likeness (QED) is 0.792. The highest BCUT2D eigenvalue weighted by Gasteiger charge is 2.40. The largest absolute Gasteiger partial charge is 0.344 e. The topological polar surface area (TPSA) is 25.2 Å². The van der Waals surface area contributed by atoms with Crippen molar-refractivity contribution in [3.8, 4) is 0 Å². The second-order valence-electron chi connectivity index (χ2n) is 8.16. The molecule has 1 unspecified atom stereocenters. The van der Waals surface area contributed by atoms with Crippen molar-refractivity contribution in [3.05, 3.63) is 23.0 Å². The number of ketones is 1. The van der Waals surface area contributed by atoms with E-state index in [1.165, 1.54) is 43.9 Å². The number of fused-ring (bicyclic) bond motifs is 4. The molecule has 0 N–H and O–H groups in total. The van der Waals surface area contributed by atoms with Gasteiger partial charge in [0.2, 0.25) is 0 Å². The van der Waals surface area contributed by atoms with E-state index in [0.29, 0.717) is 18.2 Å².